The highest BCUT2D eigenvalue weighted by Gasteiger charge is 2.12. The summed E-state index contributed by atoms with van der Waals surface area (Å²) in [6.45, 7) is 2.15. The predicted molar refractivity (Wildman–Crippen MR) is 71.3 cm³/mol. The Balaban J connectivity index is 2.28. The number of nitrogens with two attached hydrogens (primary N) is 1. The third-order valence-corrected chi connectivity index (χ3v) is 3.35. The van der Waals surface area contributed by atoms with Gasteiger partial charge in [-0.2, -0.15) is 0 Å². The fourth-order valence-electron chi connectivity index (χ4n) is 1.93. The minimum Gasteiger partial charge on any atom is -0.378 e. The molecule has 0 spiro atoms. The highest BCUT2D eigenvalue weighted by atomic mass is 32.2. The first-order valence-corrected chi connectivity index (χ1v) is 6.60. The average Bonchev–Trinajstić information content (AvgIpc) is 2.28. The molecule has 1 heterocycles. The van der Waals surface area contributed by atoms with Gasteiger partial charge in [0.15, 0.2) is 5.17 Å². The zero-order valence-corrected chi connectivity index (χ0v) is 10.5. The van der Waals surface area contributed by atoms with Crippen molar-refractivity contribution in [3.8, 4) is 0 Å². The normalized spacial score (nSPS) is 17.2. The van der Waals surface area contributed by atoms with Crippen molar-refractivity contribution in [3.05, 3.63) is 29.3 Å². The molecule has 0 bridgehead atoms. The van der Waals surface area contributed by atoms with E-state index in [1.807, 2.05) is 12.3 Å². The number of amidine groups is 1. The molecule has 16 heavy (non-hydrogen) atoms. The molecule has 0 radical (unpaired) electrons. The molecule has 0 fully saturated rings. The summed E-state index contributed by atoms with van der Waals surface area (Å²) >= 11 is 1.47. The van der Waals surface area contributed by atoms with Crippen molar-refractivity contribution in [3.63, 3.8) is 0 Å². The number of thioether (sulfide) groups is 1. The van der Waals surface area contributed by atoms with Gasteiger partial charge in [0.2, 0.25) is 0 Å². The molecule has 2 N–H and O–H groups in total. The highest BCUT2D eigenvalue weighted by molar-refractivity contribution is 8.13. The summed E-state index contributed by atoms with van der Waals surface area (Å²) in [6, 6.07) is 6.37. The summed E-state index contributed by atoms with van der Waals surface area (Å²) in [5.41, 5.74) is 9.49. The maximum Gasteiger partial charge on any atom is 0.158 e. The van der Waals surface area contributed by atoms with Crippen LogP contribution in [-0.4, -0.2) is 29.9 Å². The number of aliphatic imine (C=N–C) groups is 1. The Morgan fingerprint density at radius 3 is 3.00 bits per heavy atom. The van der Waals surface area contributed by atoms with Crippen LogP contribution < -0.4 is 5.73 Å². The molecule has 3 nitrogen and oxygen atoms in total. The van der Waals surface area contributed by atoms with Gasteiger partial charge in [0.05, 0.1) is 5.69 Å². The van der Waals surface area contributed by atoms with E-state index in [-0.39, 0.29) is 0 Å². The van der Waals surface area contributed by atoms with Gasteiger partial charge in [0, 0.05) is 13.1 Å². The quantitative estimate of drug-likeness (QED) is 0.598. The smallest absolute Gasteiger partial charge is 0.158 e. The van der Waals surface area contributed by atoms with Crippen molar-refractivity contribution >= 4 is 22.6 Å². The largest absolute Gasteiger partial charge is 0.378 e. The average molecular weight is 235 g/mol. The van der Waals surface area contributed by atoms with Gasteiger partial charge in [-0.1, -0.05) is 17.8 Å². The van der Waals surface area contributed by atoms with Gasteiger partial charge in [0.1, 0.15) is 0 Å². The second-order valence-corrected chi connectivity index (χ2v) is 4.92. The third kappa shape index (κ3) is 2.57. The van der Waals surface area contributed by atoms with Gasteiger partial charge < -0.3 is 10.6 Å². The Morgan fingerprint density at radius 2 is 2.25 bits per heavy atom. The Labute approximate surface area is 101 Å². The van der Waals surface area contributed by atoms with Crippen LogP contribution in [0.15, 0.2) is 23.2 Å². The molecule has 86 valence electrons. The van der Waals surface area contributed by atoms with Crippen molar-refractivity contribution in [2.75, 3.05) is 19.8 Å². The van der Waals surface area contributed by atoms with Gasteiger partial charge in [-0.25, -0.2) is 4.99 Å². The van der Waals surface area contributed by atoms with Crippen molar-refractivity contribution in [1.82, 2.24) is 4.90 Å². The second-order valence-electron chi connectivity index (χ2n) is 4.09. The van der Waals surface area contributed by atoms with Crippen LogP contribution in [0, 0.1) is 0 Å². The van der Waals surface area contributed by atoms with Crippen LogP contribution in [0.1, 0.15) is 11.1 Å². The van der Waals surface area contributed by atoms with Crippen molar-refractivity contribution < 1.29 is 0 Å². The summed E-state index contributed by atoms with van der Waals surface area (Å²) < 4.78 is 0. The summed E-state index contributed by atoms with van der Waals surface area (Å²) in [7, 11) is 2.15. The van der Waals surface area contributed by atoms with E-state index in [1.165, 1.54) is 22.9 Å². The van der Waals surface area contributed by atoms with Crippen LogP contribution in [0.25, 0.3) is 0 Å². The zero-order chi connectivity index (χ0) is 11.5. The van der Waals surface area contributed by atoms with E-state index in [9.17, 15) is 0 Å². The van der Waals surface area contributed by atoms with Crippen LogP contribution >= 0.6 is 11.8 Å². The SMILES string of the molecule is CSC(N)=Nc1ccc2c(c1)CN(C)CC2. The molecule has 0 atom stereocenters. The van der Waals surface area contributed by atoms with E-state index in [0.29, 0.717) is 5.17 Å². The lowest BCUT2D eigenvalue weighted by molar-refractivity contribution is 0.313. The number of nitrogens with zero attached hydrogens (tertiary/aromatic N) is 2. The maximum absolute atomic E-state index is 5.71. The second kappa shape index (κ2) is 4.89. The van der Waals surface area contributed by atoms with E-state index >= 15 is 0 Å². The van der Waals surface area contributed by atoms with Crippen molar-refractivity contribution in [2.45, 2.75) is 13.0 Å². The van der Waals surface area contributed by atoms with Gasteiger partial charge >= 0.3 is 0 Å². The Hall–Kier alpha value is -1.00. The summed E-state index contributed by atoms with van der Waals surface area (Å²) in [5.74, 6) is 0. The molecule has 1 aromatic rings. The molecule has 0 unspecified atom stereocenters. The summed E-state index contributed by atoms with van der Waals surface area (Å²) in [6.07, 6.45) is 3.07. The van der Waals surface area contributed by atoms with E-state index in [2.05, 4.69) is 29.1 Å². The topological polar surface area (TPSA) is 41.6 Å². The fraction of sp³-hybridized carbons (Fsp3) is 0.417. The van der Waals surface area contributed by atoms with Gasteiger partial charge in [-0.05, 0) is 43.0 Å². The maximum atomic E-state index is 5.71. The monoisotopic (exact) mass is 235 g/mol. The first-order valence-electron chi connectivity index (χ1n) is 5.37. The third-order valence-electron chi connectivity index (χ3n) is 2.84. The van der Waals surface area contributed by atoms with E-state index in [0.717, 1.165) is 25.2 Å². The first kappa shape index (κ1) is 11.5. The lowest BCUT2D eigenvalue weighted by Gasteiger charge is -2.24. The van der Waals surface area contributed by atoms with E-state index in [1.54, 1.807) is 0 Å². The number of hydrogen-bond donors (Lipinski definition) is 1. The molecular weight excluding hydrogens is 218 g/mol. The van der Waals surface area contributed by atoms with E-state index < -0.39 is 0 Å². The van der Waals surface area contributed by atoms with Crippen LogP contribution in [0.5, 0.6) is 0 Å². The van der Waals surface area contributed by atoms with Crippen molar-refractivity contribution in [2.24, 2.45) is 10.7 Å². The number of likely N-dealkylation sites (N-methyl/N-ethyl adjacent to an activating group) is 1. The minimum absolute atomic E-state index is 0.615. The van der Waals surface area contributed by atoms with Crippen LogP contribution in [0.3, 0.4) is 0 Å². The molecule has 2 rings (SSSR count). The molecule has 1 aliphatic heterocycles. The van der Waals surface area contributed by atoms with Crippen LogP contribution in [0.2, 0.25) is 0 Å². The number of rotatable bonds is 1. The molecule has 0 saturated carbocycles. The van der Waals surface area contributed by atoms with Crippen molar-refractivity contribution in [1.29, 1.82) is 0 Å². The molecule has 0 aliphatic carbocycles. The Bertz CT molecular complexity index is 415. The fourth-order valence-corrected chi connectivity index (χ4v) is 2.12. The van der Waals surface area contributed by atoms with Gasteiger partial charge in [0.25, 0.3) is 0 Å². The Kier molecular flexibility index (Phi) is 3.51. The summed E-state index contributed by atoms with van der Waals surface area (Å²) in [5, 5.41) is 0.615. The predicted octanol–water partition coefficient (Wildman–Crippen LogP) is 1.98. The molecule has 1 aromatic carbocycles. The zero-order valence-electron chi connectivity index (χ0n) is 9.73. The first-order chi connectivity index (χ1) is 7.69. The lowest BCUT2D eigenvalue weighted by atomic mass is 10.00. The number of benzene rings is 1. The van der Waals surface area contributed by atoms with Gasteiger partial charge in [-0.15, -0.1) is 0 Å². The molecule has 0 aromatic heterocycles. The van der Waals surface area contributed by atoms with Gasteiger partial charge in [-0.3, -0.25) is 0 Å². The molecular formula is C12H17N3S. The van der Waals surface area contributed by atoms with Crippen LogP contribution in [0.4, 0.5) is 5.69 Å². The standard InChI is InChI=1S/C12H17N3S/c1-15-6-5-9-3-4-11(7-10(9)8-15)14-12(13)16-2/h3-4,7H,5-6,8H2,1-2H3,(H2,13,14). The number of fused-ring (bicyclic) bond motifs is 1. The highest BCUT2D eigenvalue weighted by Crippen LogP contribution is 2.23. The molecule has 0 amide bonds. The summed E-state index contributed by atoms with van der Waals surface area (Å²) in [4.78, 5) is 6.68. The molecule has 4 heteroatoms. The minimum atomic E-state index is 0.615. The molecule has 0 saturated heterocycles. The number of hydrogen-bond acceptors (Lipinski definition) is 3. The van der Waals surface area contributed by atoms with E-state index in [4.69, 9.17) is 5.73 Å². The van der Waals surface area contributed by atoms with Crippen LogP contribution in [-0.2, 0) is 13.0 Å². The Morgan fingerprint density at radius 1 is 1.44 bits per heavy atom. The molecule has 1 aliphatic rings. The lowest BCUT2D eigenvalue weighted by Crippen LogP contribution is -2.26.